The number of methoxy groups -OCH3 is 1. The zero-order chi connectivity index (χ0) is 13.3. The number of ether oxygens (including phenoxy) is 1. The first-order valence-corrected chi connectivity index (χ1v) is 6.81. The smallest absolute Gasteiger partial charge is 0.180 e. The molecule has 5 heteroatoms. The molecule has 2 rings (SSSR count). The molecule has 18 heavy (non-hydrogen) atoms. The van der Waals surface area contributed by atoms with E-state index in [0.717, 1.165) is 11.3 Å². The van der Waals surface area contributed by atoms with Crippen LogP contribution >= 0.6 is 11.3 Å². The highest BCUT2D eigenvalue weighted by molar-refractivity contribution is 7.13. The number of hydrogen-bond donors (Lipinski definition) is 1. The number of nitrogens with two attached hydrogens (primary N) is 1. The third-order valence-corrected chi connectivity index (χ3v) is 3.80. The Morgan fingerprint density at radius 1 is 1.50 bits per heavy atom. The van der Waals surface area contributed by atoms with E-state index in [1.807, 2.05) is 5.38 Å². The van der Waals surface area contributed by atoms with Crippen molar-refractivity contribution < 1.29 is 4.74 Å². The van der Waals surface area contributed by atoms with Crippen molar-refractivity contribution in [3.8, 4) is 11.3 Å². The first-order chi connectivity index (χ1) is 8.54. The van der Waals surface area contributed by atoms with Crippen LogP contribution in [0.2, 0.25) is 0 Å². The third kappa shape index (κ3) is 2.28. The van der Waals surface area contributed by atoms with Crippen LogP contribution in [0.5, 0.6) is 0 Å². The molecule has 0 saturated heterocycles. The van der Waals surface area contributed by atoms with Crippen molar-refractivity contribution >= 4 is 16.5 Å². The lowest BCUT2D eigenvalue weighted by molar-refractivity contribution is 0.161. The number of nitrogen functional groups attached to an aromatic ring is 1. The van der Waals surface area contributed by atoms with Crippen LogP contribution in [-0.2, 0) is 4.74 Å². The zero-order valence-corrected chi connectivity index (χ0v) is 12.0. The average molecular weight is 265 g/mol. The van der Waals surface area contributed by atoms with Gasteiger partial charge in [-0.25, -0.2) is 4.98 Å². The van der Waals surface area contributed by atoms with Crippen molar-refractivity contribution in [3.05, 3.63) is 22.8 Å². The van der Waals surface area contributed by atoms with E-state index in [0.29, 0.717) is 17.8 Å². The minimum absolute atomic E-state index is 0.319. The second-order valence-corrected chi connectivity index (χ2v) is 5.42. The van der Waals surface area contributed by atoms with Crippen LogP contribution < -0.4 is 5.73 Å². The second kappa shape index (κ2) is 5.12. The summed E-state index contributed by atoms with van der Waals surface area (Å²) in [5.41, 5.74) is 10.2. The van der Waals surface area contributed by atoms with Crippen LogP contribution in [0.4, 0.5) is 5.13 Å². The maximum absolute atomic E-state index is 5.70. The summed E-state index contributed by atoms with van der Waals surface area (Å²) < 4.78 is 7.52. The van der Waals surface area contributed by atoms with Gasteiger partial charge in [0.05, 0.1) is 18.3 Å². The van der Waals surface area contributed by atoms with Gasteiger partial charge >= 0.3 is 0 Å². The minimum atomic E-state index is 0.319. The number of thiazole rings is 1. The second-order valence-electron chi connectivity index (χ2n) is 4.53. The summed E-state index contributed by atoms with van der Waals surface area (Å²) in [6.45, 7) is 7.08. The van der Waals surface area contributed by atoms with Gasteiger partial charge in [0.2, 0.25) is 0 Å². The van der Waals surface area contributed by atoms with E-state index in [-0.39, 0.29) is 0 Å². The van der Waals surface area contributed by atoms with E-state index in [1.54, 1.807) is 7.11 Å². The van der Waals surface area contributed by atoms with Gasteiger partial charge in [0.25, 0.3) is 0 Å². The maximum atomic E-state index is 5.70. The van der Waals surface area contributed by atoms with Gasteiger partial charge < -0.3 is 15.0 Å². The maximum Gasteiger partial charge on any atom is 0.180 e. The Morgan fingerprint density at radius 2 is 2.22 bits per heavy atom. The van der Waals surface area contributed by atoms with Gasteiger partial charge in [-0.05, 0) is 26.8 Å². The monoisotopic (exact) mass is 265 g/mol. The molecule has 0 fully saturated rings. The van der Waals surface area contributed by atoms with Crippen molar-refractivity contribution in [3.63, 3.8) is 0 Å². The summed E-state index contributed by atoms with van der Waals surface area (Å²) in [4.78, 5) is 4.35. The first kappa shape index (κ1) is 13.1. The molecule has 0 amide bonds. The van der Waals surface area contributed by atoms with Crippen LogP contribution in [0.15, 0.2) is 11.4 Å². The summed E-state index contributed by atoms with van der Waals surface area (Å²) in [6.07, 6.45) is 0. The molecule has 0 aliphatic heterocycles. The topological polar surface area (TPSA) is 53.1 Å². The largest absolute Gasteiger partial charge is 0.383 e. The minimum Gasteiger partial charge on any atom is -0.383 e. The fourth-order valence-electron chi connectivity index (χ4n) is 2.44. The molecule has 0 spiro atoms. The van der Waals surface area contributed by atoms with Gasteiger partial charge in [-0.3, -0.25) is 0 Å². The van der Waals surface area contributed by atoms with Gasteiger partial charge in [-0.2, -0.15) is 0 Å². The standard InChI is InChI=1S/C13H19N3OS/c1-8-5-11(12-7-18-13(14)15-12)10(3)16(8)9(2)6-17-4/h5,7,9H,6H2,1-4H3,(H2,14,15)/t9-/m1/s1. The molecular weight excluding hydrogens is 246 g/mol. The summed E-state index contributed by atoms with van der Waals surface area (Å²) in [6, 6.07) is 2.48. The Balaban J connectivity index is 2.43. The molecule has 0 bridgehead atoms. The molecular formula is C13H19N3OS. The lowest BCUT2D eigenvalue weighted by Gasteiger charge is -2.17. The Hall–Kier alpha value is -1.33. The van der Waals surface area contributed by atoms with Crippen LogP contribution in [0.1, 0.15) is 24.4 Å². The fourth-order valence-corrected chi connectivity index (χ4v) is 3.00. The highest BCUT2D eigenvalue weighted by Gasteiger charge is 2.16. The number of nitrogens with zero attached hydrogens (tertiary/aromatic N) is 2. The van der Waals surface area contributed by atoms with Gasteiger partial charge in [-0.15, -0.1) is 11.3 Å². The molecule has 0 aliphatic rings. The van der Waals surface area contributed by atoms with Gasteiger partial charge in [0.1, 0.15) is 0 Å². The predicted molar refractivity (Wildman–Crippen MR) is 76.0 cm³/mol. The average Bonchev–Trinajstić information content (AvgIpc) is 2.83. The summed E-state index contributed by atoms with van der Waals surface area (Å²) in [5.74, 6) is 0. The van der Waals surface area contributed by atoms with Crippen molar-refractivity contribution in [1.82, 2.24) is 9.55 Å². The molecule has 0 saturated carbocycles. The molecule has 0 aromatic carbocycles. The fraction of sp³-hybridized carbons (Fsp3) is 0.462. The van der Waals surface area contributed by atoms with Gasteiger partial charge in [0.15, 0.2) is 5.13 Å². The summed E-state index contributed by atoms with van der Waals surface area (Å²) in [7, 11) is 1.73. The number of aromatic nitrogens is 2. The van der Waals surface area contributed by atoms with Crippen molar-refractivity contribution in [2.75, 3.05) is 19.5 Å². The van der Waals surface area contributed by atoms with Crippen molar-refractivity contribution in [2.24, 2.45) is 0 Å². The molecule has 2 heterocycles. The number of rotatable bonds is 4. The lowest BCUT2D eigenvalue weighted by Crippen LogP contribution is -2.13. The Kier molecular flexibility index (Phi) is 3.73. The SMILES string of the molecule is COC[C@@H](C)n1c(C)cc(-c2csc(N)n2)c1C. The molecule has 2 aromatic heterocycles. The number of anilines is 1. The molecule has 0 aliphatic carbocycles. The molecule has 1 atom stereocenters. The van der Waals surface area contributed by atoms with E-state index in [1.165, 1.54) is 22.7 Å². The van der Waals surface area contributed by atoms with E-state index >= 15 is 0 Å². The van der Waals surface area contributed by atoms with Gasteiger partial charge in [0, 0.05) is 29.4 Å². The Labute approximate surface area is 111 Å². The van der Waals surface area contributed by atoms with Crippen LogP contribution in [0, 0.1) is 13.8 Å². The highest BCUT2D eigenvalue weighted by Crippen LogP contribution is 2.30. The van der Waals surface area contributed by atoms with Crippen LogP contribution in [0.25, 0.3) is 11.3 Å². The quantitative estimate of drug-likeness (QED) is 0.924. The molecule has 2 aromatic rings. The molecule has 0 unspecified atom stereocenters. The van der Waals surface area contributed by atoms with E-state index in [2.05, 4.69) is 36.4 Å². The summed E-state index contributed by atoms with van der Waals surface area (Å²) >= 11 is 1.47. The van der Waals surface area contributed by atoms with E-state index in [4.69, 9.17) is 10.5 Å². The number of aryl methyl sites for hydroxylation is 1. The molecule has 98 valence electrons. The first-order valence-electron chi connectivity index (χ1n) is 5.93. The van der Waals surface area contributed by atoms with E-state index < -0.39 is 0 Å². The van der Waals surface area contributed by atoms with Crippen molar-refractivity contribution in [2.45, 2.75) is 26.8 Å². The third-order valence-electron chi connectivity index (χ3n) is 3.13. The van der Waals surface area contributed by atoms with Gasteiger partial charge in [-0.1, -0.05) is 0 Å². The van der Waals surface area contributed by atoms with Crippen LogP contribution in [0.3, 0.4) is 0 Å². The number of hydrogen-bond acceptors (Lipinski definition) is 4. The van der Waals surface area contributed by atoms with Crippen LogP contribution in [-0.4, -0.2) is 23.3 Å². The summed E-state index contributed by atoms with van der Waals surface area (Å²) in [5, 5.41) is 2.61. The molecule has 0 radical (unpaired) electrons. The molecule has 2 N–H and O–H groups in total. The zero-order valence-electron chi connectivity index (χ0n) is 11.2. The Morgan fingerprint density at radius 3 is 2.78 bits per heavy atom. The normalized spacial score (nSPS) is 12.9. The van der Waals surface area contributed by atoms with E-state index in [9.17, 15) is 0 Å². The molecule has 4 nitrogen and oxygen atoms in total. The van der Waals surface area contributed by atoms with Crippen molar-refractivity contribution in [1.29, 1.82) is 0 Å². The Bertz CT molecular complexity index is 544. The highest BCUT2D eigenvalue weighted by atomic mass is 32.1. The predicted octanol–water partition coefficient (Wildman–Crippen LogP) is 3.02. The lowest BCUT2D eigenvalue weighted by atomic mass is 10.2.